The number of aromatic nitrogens is 1. The topological polar surface area (TPSA) is 46.1 Å². The minimum absolute atomic E-state index is 0.0353. The number of halogens is 1. The van der Waals surface area contributed by atoms with Gasteiger partial charge in [-0.2, -0.15) is 0 Å². The number of aryl methyl sites for hydroxylation is 1. The lowest BCUT2D eigenvalue weighted by molar-refractivity contribution is 0.0912. The van der Waals surface area contributed by atoms with Crippen LogP contribution in [0.25, 0.3) is 0 Å². The molecule has 4 nitrogen and oxygen atoms in total. The molecule has 1 amide bonds. The fourth-order valence-corrected chi connectivity index (χ4v) is 2.85. The van der Waals surface area contributed by atoms with Gasteiger partial charge in [-0.15, -0.1) is 0 Å². The van der Waals surface area contributed by atoms with Crippen molar-refractivity contribution < 1.29 is 4.79 Å². The van der Waals surface area contributed by atoms with Crippen LogP contribution in [-0.4, -0.2) is 29.6 Å². The summed E-state index contributed by atoms with van der Waals surface area (Å²) in [7, 11) is 0. The van der Waals surface area contributed by atoms with Crippen LogP contribution in [-0.2, 0) is 6.54 Å². The molecule has 0 bridgehead atoms. The third kappa shape index (κ3) is 3.51. The number of carbonyl (C=O) groups is 1. The number of nitrogens with one attached hydrogen (secondary N) is 2. The first-order valence-corrected chi connectivity index (χ1v) is 7.37. The summed E-state index contributed by atoms with van der Waals surface area (Å²) in [6.45, 7) is 6.90. The number of nitrogens with zero attached hydrogens (tertiary/aromatic N) is 1. The molecule has 0 saturated carbocycles. The molecular weight excluding hydrogens is 262 g/mol. The van der Waals surface area contributed by atoms with E-state index in [4.69, 9.17) is 11.6 Å². The number of piperidine rings is 1. The van der Waals surface area contributed by atoms with Gasteiger partial charge in [0.05, 0.1) is 5.02 Å². The summed E-state index contributed by atoms with van der Waals surface area (Å²) in [6, 6.07) is 1.91. The Morgan fingerprint density at radius 2 is 2.47 bits per heavy atom. The standard InChI is InChI=1S/C14H22ClN3O/c1-3-18-9-12(15)7-13(18)14(19)17-10(2)11-5-4-6-16-8-11/h7,9-11,16H,3-6,8H2,1-2H3,(H,17,19). The van der Waals surface area contributed by atoms with Crippen LogP contribution >= 0.6 is 11.6 Å². The second-order valence-corrected chi connectivity index (χ2v) is 5.63. The maximum Gasteiger partial charge on any atom is 0.268 e. The van der Waals surface area contributed by atoms with E-state index in [9.17, 15) is 4.79 Å². The summed E-state index contributed by atoms with van der Waals surface area (Å²) in [5.41, 5.74) is 0.642. The summed E-state index contributed by atoms with van der Waals surface area (Å²) in [6.07, 6.45) is 4.15. The maximum atomic E-state index is 12.3. The Morgan fingerprint density at radius 3 is 3.11 bits per heavy atom. The molecule has 1 aromatic rings. The monoisotopic (exact) mass is 283 g/mol. The zero-order valence-corrected chi connectivity index (χ0v) is 12.3. The van der Waals surface area contributed by atoms with E-state index in [1.165, 1.54) is 12.8 Å². The molecule has 106 valence electrons. The van der Waals surface area contributed by atoms with Crippen LogP contribution in [0, 0.1) is 5.92 Å². The lowest BCUT2D eigenvalue weighted by Crippen LogP contribution is -2.44. The van der Waals surface area contributed by atoms with Crippen LogP contribution in [0.2, 0.25) is 5.02 Å². The summed E-state index contributed by atoms with van der Waals surface area (Å²) in [4.78, 5) is 12.3. The van der Waals surface area contributed by atoms with Gasteiger partial charge in [0.1, 0.15) is 5.69 Å². The predicted octanol–water partition coefficient (Wildman–Crippen LogP) is 2.28. The van der Waals surface area contributed by atoms with Crippen molar-refractivity contribution in [2.75, 3.05) is 13.1 Å². The summed E-state index contributed by atoms with van der Waals surface area (Å²) < 4.78 is 1.88. The Morgan fingerprint density at radius 1 is 1.68 bits per heavy atom. The van der Waals surface area contributed by atoms with Crippen molar-refractivity contribution in [3.05, 3.63) is 23.0 Å². The van der Waals surface area contributed by atoms with E-state index in [2.05, 4.69) is 17.6 Å². The average Bonchev–Trinajstić information content (AvgIpc) is 2.81. The molecular formula is C14H22ClN3O. The van der Waals surface area contributed by atoms with Crippen molar-refractivity contribution in [3.8, 4) is 0 Å². The highest BCUT2D eigenvalue weighted by molar-refractivity contribution is 6.31. The number of hydrogen-bond acceptors (Lipinski definition) is 2. The average molecular weight is 284 g/mol. The quantitative estimate of drug-likeness (QED) is 0.890. The molecule has 0 radical (unpaired) electrons. The Balaban J connectivity index is 1.99. The van der Waals surface area contributed by atoms with Gasteiger partial charge in [-0.25, -0.2) is 0 Å². The minimum Gasteiger partial charge on any atom is -0.348 e. The van der Waals surface area contributed by atoms with Crippen LogP contribution in [0.1, 0.15) is 37.2 Å². The van der Waals surface area contributed by atoms with E-state index in [-0.39, 0.29) is 11.9 Å². The smallest absolute Gasteiger partial charge is 0.268 e. The molecule has 1 aromatic heterocycles. The molecule has 19 heavy (non-hydrogen) atoms. The van der Waals surface area contributed by atoms with E-state index in [1.54, 1.807) is 12.3 Å². The predicted molar refractivity (Wildman–Crippen MR) is 77.6 cm³/mol. The third-order valence-corrected chi connectivity index (χ3v) is 4.04. The normalized spacial score (nSPS) is 21.1. The molecule has 1 fully saturated rings. The highest BCUT2D eigenvalue weighted by Crippen LogP contribution is 2.17. The van der Waals surface area contributed by atoms with E-state index in [0.29, 0.717) is 16.6 Å². The first kappa shape index (κ1) is 14.4. The van der Waals surface area contributed by atoms with Crippen molar-refractivity contribution in [3.63, 3.8) is 0 Å². The zero-order chi connectivity index (χ0) is 13.8. The summed E-state index contributed by atoms with van der Waals surface area (Å²) in [5.74, 6) is 0.477. The van der Waals surface area contributed by atoms with Crippen LogP contribution in [0.3, 0.4) is 0 Å². The van der Waals surface area contributed by atoms with E-state index in [0.717, 1.165) is 19.6 Å². The second kappa shape index (κ2) is 6.44. The number of rotatable bonds is 4. The van der Waals surface area contributed by atoms with Crippen molar-refractivity contribution in [2.24, 2.45) is 5.92 Å². The largest absolute Gasteiger partial charge is 0.348 e. The molecule has 1 saturated heterocycles. The Labute approximate surface area is 119 Å². The van der Waals surface area contributed by atoms with Crippen molar-refractivity contribution in [1.82, 2.24) is 15.2 Å². The molecule has 2 rings (SSSR count). The third-order valence-electron chi connectivity index (χ3n) is 3.84. The van der Waals surface area contributed by atoms with Crippen LogP contribution in [0.15, 0.2) is 12.3 Å². The first-order valence-electron chi connectivity index (χ1n) is 6.99. The minimum atomic E-state index is -0.0353. The van der Waals surface area contributed by atoms with Gasteiger partial charge in [0, 0.05) is 18.8 Å². The molecule has 2 N–H and O–H groups in total. The number of amides is 1. The van der Waals surface area contributed by atoms with Gasteiger partial charge in [-0.05, 0) is 51.8 Å². The molecule has 5 heteroatoms. The second-order valence-electron chi connectivity index (χ2n) is 5.20. The highest BCUT2D eigenvalue weighted by Gasteiger charge is 2.22. The van der Waals surface area contributed by atoms with Crippen molar-refractivity contribution >= 4 is 17.5 Å². The van der Waals surface area contributed by atoms with Gasteiger partial charge in [0.15, 0.2) is 0 Å². The molecule has 0 aliphatic carbocycles. The maximum absolute atomic E-state index is 12.3. The van der Waals surface area contributed by atoms with Crippen LogP contribution in [0.4, 0.5) is 0 Å². The number of hydrogen-bond donors (Lipinski definition) is 2. The van der Waals surface area contributed by atoms with Crippen molar-refractivity contribution in [2.45, 2.75) is 39.3 Å². The van der Waals surface area contributed by atoms with Crippen LogP contribution < -0.4 is 10.6 Å². The van der Waals surface area contributed by atoms with Gasteiger partial charge in [0.25, 0.3) is 5.91 Å². The van der Waals surface area contributed by atoms with Crippen molar-refractivity contribution in [1.29, 1.82) is 0 Å². The molecule has 1 aliphatic rings. The number of carbonyl (C=O) groups excluding carboxylic acids is 1. The Bertz CT molecular complexity index is 438. The molecule has 2 atom stereocenters. The summed E-state index contributed by atoms with van der Waals surface area (Å²) >= 11 is 5.96. The van der Waals surface area contributed by atoms with Gasteiger partial charge < -0.3 is 15.2 Å². The first-order chi connectivity index (χ1) is 9.11. The fourth-order valence-electron chi connectivity index (χ4n) is 2.63. The van der Waals surface area contributed by atoms with E-state index < -0.39 is 0 Å². The molecule has 0 aromatic carbocycles. The van der Waals surface area contributed by atoms with Gasteiger partial charge in [-0.3, -0.25) is 4.79 Å². The lowest BCUT2D eigenvalue weighted by Gasteiger charge is -2.29. The van der Waals surface area contributed by atoms with Gasteiger partial charge in [-0.1, -0.05) is 11.6 Å². The molecule has 2 heterocycles. The van der Waals surface area contributed by atoms with E-state index in [1.807, 2.05) is 11.5 Å². The lowest BCUT2D eigenvalue weighted by atomic mass is 9.93. The van der Waals surface area contributed by atoms with Gasteiger partial charge >= 0.3 is 0 Å². The van der Waals surface area contributed by atoms with Gasteiger partial charge in [0.2, 0.25) is 0 Å². The molecule has 0 spiro atoms. The van der Waals surface area contributed by atoms with Crippen LogP contribution in [0.5, 0.6) is 0 Å². The Kier molecular flexibility index (Phi) is 4.88. The SMILES string of the molecule is CCn1cc(Cl)cc1C(=O)NC(C)C1CCCNC1. The molecule has 1 aliphatic heterocycles. The molecule has 2 unspecified atom stereocenters. The highest BCUT2D eigenvalue weighted by atomic mass is 35.5. The zero-order valence-electron chi connectivity index (χ0n) is 11.6. The summed E-state index contributed by atoms with van der Waals surface area (Å²) in [5, 5.41) is 7.08. The Hall–Kier alpha value is -1.00. The van der Waals surface area contributed by atoms with E-state index >= 15 is 0 Å². The fraction of sp³-hybridized carbons (Fsp3) is 0.643.